The molecule has 32 heavy (non-hydrogen) atoms. The lowest BCUT2D eigenvalue weighted by Gasteiger charge is -2.06. The fourth-order valence-electron chi connectivity index (χ4n) is 3.00. The monoisotopic (exact) mass is 514 g/mol. The molecular formula is C21H20Cl2N2O5S2. The van der Waals surface area contributed by atoms with Crippen LogP contribution in [0.2, 0.25) is 10.0 Å². The Kier molecular flexibility index (Phi) is 8.10. The molecule has 0 spiro atoms. The zero-order valence-corrected chi connectivity index (χ0v) is 20.2. The Hall–Kier alpha value is -2.20. The molecule has 0 radical (unpaired) electrons. The zero-order valence-electron chi connectivity index (χ0n) is 17.1. The van der Waals surface area contributed by atoms with Gasteiger partial charge in [0.05, 0.1) is 37.5 Å². The first-order valence-corrected chi connectivity index (χ1v) is 12.9. The molecule has 2 aromatic carbocycles. The van der Waals surface area contributed by atoms with Gasteiger partial charge in [0.25, 0.3) is 0 Å². The van der Waals surface area contributed by atoms with E-state index >= 15 is 0 Å². The van der Waals surface area contributed by atoms with E-state index in [-0.39, 0.29) is 41.4 Å². The summed E-state index contributed by atoms with van der Waals surface area (Å²) in [5.74, 6) is -1.19. The van der Waals surface area contributed by atoms with Crippen LogP contribution in [0.1, 0.15) is 19.8 Å². The van der Waals surface area contributed by atoms with Crippen LogP contribution in [0.15, 0.2) is 52.4 Å². The number of amides is 1. The van der Waals surface area contributed by atoms with Crippen LogP contribution in [0.25, 0.3) is 10.2 Å². The molecule has 0 N–H and O–H groups in total. The number of carbonyl (C=O) groups is 2. The molecule has 0 aliphatic heterocycles. The molecule has 7 nitrogen and oxygen atoms in total. The van der Waals surface area contributed by atoms with Crippen LogP contribution in [0, 0.1) is 0 Å². The van der Waals surface area contributed by atoms with Crippen molar-refractivity contribution in [2.24, 2.45) is 4.99 Å². The third kappa shape index (κ3) is 5.78. The lowest BCUT2D eigenvalue weighted by atomic mass is 10.3. The Balaban J connectivity index is 1.85. The van der Waals surface area contributed by atoms with Crippen LogP contribution >= 0.6 is 34.5 Å². The second-order valence-corrected chi connectivity index (χ2v) is 10.6. The SMILES string of the molecule is CCOC(=O)Cn1c(=NC(=O)CCCS(=O)(=O)c2ccccc2)sc2c(Cl)ccc(Cl)c21. The van der Waals surface area contributed by atoms with Crippen molar-refractivity contribution in [1.82, 2.24) is 4.57 Å². The summed E-state index contributed by atoms with van der Waals surface area (Å²) < 4.78 is 31.8. The van der Waals surface area contributed by atoms with E-state index in [2.05, 4.69) is 4.99 Å². The smallest absolute Gasteiger partial charge is 0.326 e. The van der Waals surface area contributed by atoms with Gasteiger partial charge in [-0.1, -0.05) is 52.7 Å². The van der Waals surface area contributed by atoms with Crippen LogP contribution in [0.5, 0.6) is 0 Å². The summed E-state index contributed by atoms with van der Waals surface area (Å²) in [6.45, 7) is 1.70. The van der Waals surface area contributed by atoms with Crippen molar-refractivity contribution in [2.75, 3.05) is 12.4 Å². The highest BCUT2D eigenvalue weighted by atomic mass is 35.5. The van der Waals surface area contributed by atoms with Crippen LogP contribution in [0.3, 0.4) is 0 Å². The quantitative estimate of drug-likeness (QED) is 0.418. The molecular weight excluding hydrogens is 495 g/mol. The van der Waals surface area contributed by atoms with Crippen LogP contribution in [-0.4, -0.2) is 37.2 Å². The first-order valence-electron chi connectivity index (χ1n) is 9.71. The van der Waals surface area contributed by atoms with E-state index in [1.165, 1.54) is 16.7 Å². The van der Waals surface area contributed by atoms with Gasteiger partial charge in [0.15, 0.2) is 14.6 Å². The third-order valence-electron chi connectivity index (χ3n) is 4.45. The highest BCUT2D eigenvalue weighted by Crippen LogP contribution is 2.32. The van der Waals surface area contributed by atoms with Gasteiger partial charge >= 0.3 is 5.97 Å². The Bertz CT molecular complexity index is 1320. The summed E-state index contributed by atoms with van der Waals surface area (Å²) in [4.78, 5) is 29.1. The van der Waals surface area contributed by atoms with E-state index in [1.807, 2.05) is 0 Å². The molecule has 3 aromatic rings. The van der Waals surface area contributed by atoms with E-state index in [4.69, 9.17) is 27.9 Å². The Morgan fingerprint density at radius 2 is 1.78 bits per heavy atom. The van der Waals surface area contributed by atoms with Gasteiger partial charge in [0, 0.05) is 6.42 Å². The number of halogens is 2. The maximum absolute atomic E-state index is 12.5. The van der Waals surface area contributed by atoms with E-state index < -0.39 is 21.7 Å². The van der Waals surface area contributed by atoms with Gasteiger partial charge in [-0.3, -0.25) is 9.59 Å². The minimum Gasteiger partial charge on any atom is -0.465 e. The topological polar surface area (TPSA) is 94.8 Å². The predicted molar refractivity (Wildman–Crippen MR) is 125 cm³/mol. The van der Waals surface area contributed by atoms with Gasteiger partial charge in [-0.25, -0.2) is 8.42 Å². The van der Waals surface area contributed by atoms with E-state index in [0.29, 0.717) is 20.3 Å². The maximum Gasteiger partial charge on any atom is 0.326 e. The maximum atomic E-state index is 12.5. The second kappa shape index (κ2) is 10.6. The standard InChI is InChI=1S/C21H20Cl2N2O5S2/c1-2-30-18(27)13-25-19-15(22)10-11-16(23)20(19)31-21(25)24-17(26)9-6-12-32(28,29)14-7-4-3-5-8-14/h3-5,7-8,10-11H,2,6,9,12-13H2,1H3. The first kappa shape index (κ1) is 24.4. The first-order chi connectivity index (χ1) is 15.2. The van der Waals surface area contributed by atoms with Crippen molar-refractivity contribution in [2.45, 2.75) is 31.2 Å². The Morgan fingerprint density at radius 3 is 2.47 bits per heavy atom. The summed E-state index contributed by atoms with van der Waals surface area (Å²) in [6, 6.07) is 11.3. The highest BCUT2D eigenvalue weighted by molar-refractivity contribution is 7.91. The molecule has 170 valence electrons. The molecule has 11 heteroatoms. The van der Waals surface area contributed by atoms with Gasteiger partial charge in [-0.15, -0.1) is 0 Å². The molecule has 3 rings (SSSR count). The van der Waals surface area contributed by atoms with Gasteiger partial charge in [0.2, 0.25) is 5.91 Å². The minimum atomic E-state index is -3.48. The van der Waals surface area contributed by atoms with Crippen LogP contribution in [-0.2, 0) is 30.7 Å². The molecule has 0 unspecified atom stereocenters. The average molecular weight is 515 g/mol. The fraction of sp³-hybridized carbons (Fsp3) is 0.286. The molecule has 1 heterocycles. The van der Waals surface area contributed by atoms with E-state index in [1.54, 1.807) is 37.3 Å². The molecule has 0 atom stereocenters. The molecule has 0 aliphatic rings. The van der Waals surface area contributed by atoms with Crippen molar-refractivity contribution >= 4 is 66.5 Å². The number of hydrogen-bond donors (Lipinski definition) is 0. The number of rotatable bonds is 8. The van der Waals surface area contributed by atoms with Crippen molar-refractivity contribution in [3.05, 3.63) is 57.3 Å². The van der Waals surface area contributed by atoms with Gasteiger partial charge in [0.1, 0.15) is 6.54 Å². The molecule has 0 aliphatic carbocycles. The van der Waals surface area contributed by atoms with Crippen molar-refractivity contribution in [1.29, 1.82) is 0 Å². The number of sulfone groups is 1. The molecule has 0 bridgehead atoms. The number of fused-ring (bicyclic) bond motifs is 1. The fourth-order valence-corrected chi connectivity index (χ4v) is 5.99. The number of carbonyl (C=O) groups excluding carboxylic acids is 2. The summed E-state index contributed by atoms with van der Waals surface area (Å²) in [5.41, 5.74) is 0.482. The lowest BCUT2D eigenvalue weighted by Crippen LogP contribution is -2.23. The molecule has 0 saturated heterocycles. The average Bonchev–Trinajstić information content (AvgIpc) is 3.10. The normalized spacial score (nSPS) is 12.3. The molecule has 1 aromatic heterocycles. The van der Waals surface area contributed by atoms with Crippen LogP contribution in [0.4, 0.5) is 0 Å². The number of ether oxygens (including phenoxy) is 1. The summed E-state index contributed by atoms with van der Waals surface area (Å²) in [5, 5.41) is 0.766. The second-order valence-electron chi connectivity index (χ2n) is 6.72. The Labute approximate surface area is 199 Å². The number of aromatic nitrogens is 1. The number of thiazole rings is 1. The lowest BCUT2D eigenvalue weighted by molar-refractivity contribution is -0.143. The van der Waals surface area contributed by atoms with Gasteiger partial charge in [-0.05, 0) is 37.6 Å². The Morgan fingerprint density at radius 1 is 1.09 bits per heavy atom. The minimum absolute atomic E-state index is 0.0683. The van der Waals surface area contributed by atoms with Crippen LogP contribution < -0.4 is 4.80 Å². The zero-order chi connectivity index (χ0) is 23.3. The highest BCUT2D eigenvalue weighted by Gasteiger charge is 2.18. The largest absolute Gasteiger partial charge is 0.465 e. The van der Waals surface area contributed by atoms with Gasteiger partial charge in [-0.2, -0.15) is 4.99 Å². The van der Waals surface area contributed by atoms with Crippen molar-refractivity contribution in [3.8, 4) is 0 Å². The number of nitrogens with zero attached hydrogens (tertiary/aromatic N) is 2. The summed E-state index contributed by atoms with van der Waals surface area (Å²) in [6.07, 6.45) is 0.0467. The van der Waals surface area contributed by atoms with E-state index in [9.17, 15) is 18.0 Å². The van der Waals surface area contributed by atoms with Crippen molar-refractivity contribution in [3.63, 3.8) is 0 Å². The summed E-state index contributed by atoms with van der Waals surface area (Å²) >= 11 is 13.7. The van der Waals surface area contributed by atoms with E-state index in [0.717, 1.165) is 11.3 Å². The molecule has 1 amide bonds. The number of esters is 1. The molecule has 0 fully saturated rings. The molecule has 0 saturated carbocycles. The number of benzene rings is 2. The number of hydrogen-bond acceptors (Lipinski definition) is 6. The summed E-state index contributed by atoms with van der Waals surface area (Å²) in [7, 11) is -3.48. The van der Waals surface area contributed by atoms with Crippen molar-refractivity contribution < 1.29 is 22.7 Å². The van der Waals surface area contributed by atoms with Gasteiger partial charge < -0.3 is 9.30 Å². The third-order valence-corrected chi connectivity index (χ3v) is 8.11. The predicted octanol–water partition coefficient (Wildman–Crippen LogP) is 4.25.